The molecule has 1 saturated heterocycles. The smallest absolute Gasteiger partial charge is 0.266 e. The summed E-state index contributed by atoms with van der Waals surface area (Å²) in [6, 6.07) is 17.1. The first-order valence-corrected chi connectivity index (χ1v) is 13.3. The minimum Gasteiger partial charge on any atom is -0.493 e. The van der Waals surface area contributed by atoms with Crippen molar-refractivity contribution >= 4 is 79.4 Å². The van der Waals surface area contributed by atoms with E-state index in [2.05, 4.69) is 15.9 Å². The van der Waals surface area contributed by atoms with Crippen LogP contribution in [0.1, 0.15) is 22.3 Å². The Hall–Kier alpha value is -2.03. The van der Waals surface area contributed by atoms with Crippen molar-refractivity contribution in [2.24, 2.45) is 0 Å². The highest BCUT2D eigenvalue weighted by atomic mass is 79.9. The standard InChI is InChI=1S/C26H20BrCl2NO3S2/c1-15-3-5-16(6-4-15)13-30-25(31)23(35-26(30)34)12-18-9-19(27)24(22(11-18)32-2)33-14-17-7-8-20(28)21(29)10-17/h3-12H,13-14H2,1-2H3/b23-12-. The number of nitrogens with zero attached hydrogens (tertiary/aromatic N) is 1. The fourth-order valence-electron chi connectivity index (χ4n) is 3.41. The lowest BCUT2D eigenvalue weighted by Crippen LogP contribution is -2.27. The molecule has 0 bridgehead atoms. The van der Waals surface area contributed by atoms with E-state index >= 15 is 0 Å². The van der Waals surface area contributed by atoms with Gasteiger partial charge in [0.1, 0.15) is 10.9 Å². The Morgan fingerprint density at radius 2 is 1.77 bits per heavy atom. The molecule has 0 unspecified atom stereocenters. The fourth-order valence-corrected chi connectivity index (χ4v) is 5.56. The minimum absolute atomic E-state index is 0.115. The molecule has 1 fully saturated rings. The number of hydrogen-bond donors (Lipinski definition) is 0. The normalized spacial score (nSPS) is 14.7. The average molecular weight is 609 g/mol. The van der Waals surface area contributed by atoms with E-state index < -0.39 is 0 Å². The topological polar surface area (TPSA) is 38.8 Å². The Morgan fingerprint density at radius 1 is 1.06 bits per heavy atom. The van der Waals surface area contributed by atoms with E-state index in [1.165, 1.54) is 17.3 Å². The van der Waals surface area contributed by atoms with Gasteiger partial charge >= 0.3 is 0 Å². The van der Waals surface area contributed by atoms with Gasteiger partial charge in [-0.25, -0.2) is 0 Å². The van der Waals surface area contributed by atoms with Crippen molar-refractivity contribution in [1.29, 1.82) is 0 Å². The van der Waals surface area contributed by atoms with Crippen LogP contribution in [0.25, 0.3) is 6.08 Å². The zero-order valence-electron chi connectivity index (χ0n) is 18.8. The van der Waals surface area contributed by atoms with Crippen LogP contribution in [0.2, 0.25) is 10.0 Å². The van der Waals surface area contributed by atoms with Crippen molar-refractivity contribution in [1.82, 2.24) is 4.90 Å². The lowest BCUT2D eigenvalue weighted by atomic mass is 10.1. The van der Waals surface area contributed by atoms with Crippen LogP contribution in [-0.2, 0) is 17.9 Å². The number of ether oxygens (including phenoxy) is 2. The van der Waals surface area contributed by atoms with Gasteiger partial charge in [-0.15, -0.1) is 0 Å². The predicted molar refractivity (Wildman–Crippen MR) is 151 cm³/mol. The molecule has 1 amide bonds. The second kappa shape index (κ2) is 11.4. The van der Waals surface area contributed by atoms with Crippen LogP contribution < -0.4 is 9.47 Å². The molecule has 0 saturated carbocycles. The fraction of sp³-hybridized carbons (Fsp3) is 0.154. The second-order valence-corrected chi connectivity index (χ2v) is 11.2. The molecule has 0 radical (unpaired) electrons. The Bertz CT molecular complexity index is 1330. The highest BCUT2D eigenvalue weighted by molar-refractivity contribution is 9.10. The number of rotatable bonds is 7. The van der Waals surface area contributed by atoms with Crippen molar-refractivity contribution in [3.8, 4) is 11.5 Å². The van der Waals surface area contributed by atoms with Crippen LogP contribution in [0.3, 0.4) is 0 Å². The van der Waals surface area contributed by atoms with Crippen LogP contribution in [0.5, 0.6) is 11.5 Å². The van der Waals surface area contributed by atoms with Gasteiger partial charge in [0.15, 0.2) is 11.5 Å². The van der Waals surface area contributed by atoms with Gasteiger partial charge in [0, 0.05) is 0 Å². The number of amides is 1. The van der Waals surface area contributed by atoms with E-state index in [0.717, 1.165) is 16.7 Å². The van der Waals surface area contributed by atoms with Gasteiger partial charge in [-0.2, -0.15) is 0 Å². The summed E-state index contributed by atoms with van der Waals surface area (Å²) in [5, 5.41) is 0.955. The molecule has 9 heteroatoms. The van der Waals surface area contributed by atoms with Gasteiger partial charge in [-0.1, -0.05) is 83.1 Å². The molecule has 0 atom stereocenters. The summed E-state index contributed by atoms with van der Waals surface area (Å²) in [5.74, 6) is 0.957. The maximum absolute atomic E-state index is 13.1. The molecule has 35 heavy (non-hydrogen) atoms. The first kappa shape index (κ1) is 26.0. The first-order chi connectivity index (χ1) is 16.7. The number of hydrogen-bond acceptors (Lipinski definition) is 5. The van der Waals surface area contributed by atoms with E-state index in [1.54, 1.807) is 24.1 Å². The lowest BCUT2D eigenvalue weighted by molar-refractivity contribution is -0.122. The molecule has 1 aliphatic rings. The van der Waals surface area contributed by atoms with E-state index in [0.29, 0.717) is 41.8 Å². The lowest BCUT2D eigenvalue weighted by Gasteiger charge is -2.15. The molecule has 1 heterocycles. The molecule has 0 aromatic heterocycles. The molecule has 0 N–H and O–H groups in total. The molecule has 180 valence electrons. The van der Waals surface area contributed by atoms with Gasteiger partial charge in [-0.3, -0.25) is 9.69 Å². The number of carbonyl (C=O) groups is 1. The summed E-state index contributed by atoms with van der Waals surface area (Å²) in [6.45, 7) is 2.75. The molecule has 0 aliphatic carbocycles. The number of carbonyl (C=O) groups excluding carboxylic acids is 1. The summed E-state index contributed by atoms with van der Waals surface area (Å²) >= 11 is 22.4. The third kappa shape index (κ3) is 6.22. The molecular formula is C26H20BrCl2NO3S2. The zero-order valence-corrected chi connectivity index (χ0v) is 23.5. The summed E-state index contributed by atoms with van der Waals surface area (Å²) < 4.78 is 12.8. The van der Waals surface area contributed by atoms with Gasteiger partial charge in [0.05, 0.1) is 33.1 Å². The molecule has 4 nitrogen and oxygen atoms in total. The van der Waals surface area contributed by atoms with Crippen LogP contribution in [0.4, 0.5) is 0 Å². The predicted octanol–water partition coefficient (Wildman–Crippen LogP) is 8.05. The van der Waals surface area contributed by atoms with Crippen molar-refractivity contribution < 1.29 is 14.3 Å². The maximum atomic E-state index is 13.1. The van der Waals surface area contributed by atoms with Crippen molar-refractivity contribution in [2.45, 2.75) is 20.1 Å². The monoisotopic (exact) mass is 607 g/mol. The van der Waals surface area contributed by atoms with E-state index in [1.807, 2.05) is 55.5 Å². The summed E-state index contributed by atoms with van der Waals surface area (Å²) in [6.07, 6.45) is 1.81. The number of methoxy groups -OCH3 is 1. The molecule has 0 spiro atoms. The van der Waals surface area contributed by atoms with Gasteiger partial charge in [0.2, 0.25) is 0 Å². The summed E-state index contributed by atoms with van der Waals surface area (Å²) in [7, 11) is 1.57. The number of thiocarbonyl (C=S) groups is 1. The Morgan fingerprint density at radius 3 is 2.46 bits per heavy atom. The zero-order chi connectivity index (χ0) is 25.1. The maximum Gasteiger partial charge on any atom is 0.266 e. The molecule has 3 aromatic rings. The highest BCUT2D eigenvalue weighted by Crippen LogP contribution is 2.40. The van der Waals surface area contributed by atoms with Crippen molar-refractivity contribution in [3.05, 3.63) is 96.3 Å². The van der Waals surface area contributed by atoms with Crippen LogP contribution >= 0.6 is 63.1 Å². The van der Waals surface area contributed by atoms with Crippen LogP contribution in [-0.4, -0.2) is 22.2 Å². The third-order valence-electron chi connectivity index (χ3n) is 5.25. The number of halogens is 3. The van der Waals surface area contributed by atoms with Crippen LogP contribution in [0.15, 0.2) is 64.0 Å². The third-order valence-corrected chi connectivity index (χ3v) is 7.96. The van der Waals surface area contributed by atoms with Gasteiger partial charge in [-0.05, 0) is 69.9 Å². The second-order valence-electron chi connectivity index (χ2n) is 7.82. The van der Waals surface area contributed by atoms with E-state index in [-0.39, 0.29) is 12.5 Å². The summed E-state index contributed by atoms with van der Waals surface area (Å²) in [4.78, 5) is 15.2. The minimum atomic E-state index is -0.115. The Kier molecular flexibility index (Phi) is 8.45. The summed E-state index contributed by atoms with van der Waals surface area (Å²) in [5.41, 5.74) is 3.85. The van der Waals surface area contributed by atoms with Crippen molar-refractivity contribution in [3.63, 3.8) is 0 Å². The van der Waals surface area contributed by atoms with Gasteiger partial charge < -0.3 is 9.47 Å². The highest BCUT2D eigenvalue weighted by Gasteiger charge is 2.32. The Balaban J connectivity index is 1.52. The molecule has 3 aromatic carbocycles. The molecule has 1 aliphatic heterocycles. The first-order valence-electron chi connectivity index (χ1n) is 10.5. The number of aryl methyl sites for hydroxylation is 1. The van der Waals surface area contributed by atoms with Crippen molar-refractivity contribution in [2.75, 3.05) is 7.11 Å². The Labute approximate surface area is 232 Å². The van der Waals surface area contributed by atoms with E-state index in [4.69, 9.17) is 44.9 Å². The SMILES string of the molecule is COc1cc(/C=C2\SC(=S)N(Cc3ccc(C)cc3)C2=O)cc(Br)c1OCc1ccc(Cl)c(Cl)c1. The largest absolute Gasteiger partial charge is 0.493 e. The average Bonchev–Trinajstić information content (AvgIpc) is 3.08. The van der Waals surface area contributed by atoms with E-state index in [9.17, 15) is 4.79 Å². The van der Waals surface area contributed by atoms with Gasteiger partial charge in [0.25, 0.3) is 5.91 Å². The molecule has 4 rings (SSSR count). The number of benzene rings is 3. The quantitative estimate of drug-likeness (QED) is 0.200. The number of thioether (sulfide) groups is 1. The molecular weight excluding hydrogens is 589 g/mol. The van der Waals surface area contributed by atoms with Crippen LogP contribution in [0, 0.1) is 6.92 Å².